The van der Waals surface area contributed by atoms with Crippen molar-refractivity contribution in [2.45, 2.75) is 6.54 Å². The zero-order valence-corrected chi connectivity index (χ0v) is 10.7. The van der Waals surface area contributed by atoms with Gasteiger partial charge in [-0.25, -0.2) is 9.78 Å². The van der Waals surface area contributed by atoms with Crippen molar-refractivity contribution in [2.24, 2.45) is 7.05 Å². The maximum absolute atomic E-state index is 12.0. The van der Waals surface area contributed by atoms with Crippen LogP contribution in [0.2, 0.25) is 0 Å². The molecule has 0 aliphatic rings. The van der Waals surface area contributed by atoms with Crippen LogP contribution in [0.25, 0.3) is 11.2 Å². The van der Waals surface area contributed by atoms with Gasteiger partial charge in [0.05, 0.1) is 12.5 Å². The highest BCUT2D eigenvalue weighted by molar-refractivity contribution is 7.51. The van der Waals surface area contributed by atoms with Crippen LogP contribution in [0.3, 0.4) is 0 Å². The first kappa shape index (κ1) is 13.5. The van der Waals surface area contributed by atoms with Crippen molar-refractivity contribution < 1.29 is 19.6 Å². The van der Waals surface area contributed by atoms with E-state index in [-0.39, 0.29) is 15.9 Å². The normalized spacial score (nSPS) is 12.2. The van der Waals surface area contributed by atoms with E-state index in [1.165, 1.54) is 17.9 Å². The Bertz CT molecular complexity index is 796. The van der Waals surface area contributed by atoms with Gasteiger partial charge in [-0.15, -0.1) is 4.73 Å². The highest BCUT2D eigenvalue weighted by Crippen LogP contribution is 2.33. The van der Waals surface area contributed by atoms with E-state index in [1.54, 1.807) is 0 Å². The molecule has 0 amide bonds. The van der Waals surface area contributed by atoms with Gasteiger partial charge in [-0.3, -0.25) is 13.9 Å². The third-order valence-electron chi connectivity index (χ3n) is 2.59. The molecule has 2 aromatic heterocycles. The minimum Gasteiger partial charge on any atom is -0.422 e. The van der Waals surface area contributed by atoms with Gasteiger partial charge in [-0.1, -0.05) is 0 Å². The molecule has 0 aliphatic carbocycles. The van der Waals surface area contributed by atoms with E-state index in [0.29, 0.717) is 4.57 Å². The molecule has 0 unspecified atom stereocenters. The van der Waals surface area contributed by atoms with Gasteiger partial charge in [0.15, 0.2) is 5.52 Å². The van der Waals surface area contributed by atoms with Crippen molar-refractivity contribution >= 4 is 18.8 Å². The molecule has 0 saturated heterocycles. The number of aromatic nitrogens is 4. The molecule has 0 aromatic carbocycles. The quantitative estimate of drug-likeness (QED) is 0.452. The predicted octanol–water partition coefficient (Wildman–Crippen LogP) is -1.69. The Kier molecular flexibility index (Phi) is 3.09. The Morgan fingerprint density at radius 1 is 1.37 bits per heavy atom. The molecule has 0 radical (unpaired) electrons. The molecule has 0 bridgehead atoms. The van der Waals surface area contributed by atoms with Crippen LogP contribution in [0.1, 0.15) is 0 Å². The van der Waals surface area contributed by atoms with Gasteiger partial charge in [-0.2, -0.15) is 0 Å². The Morgan fingerprint density at radius 2 is 2.00 bits per heavy atom. The lowest BCUT2D eigenvalue weighted by Crippen LogP contribution is -2.40. The summed E-state index contributed by atoms with van der Waals surface area (Å²) in [5.41, 5.74) is -2.10. The largest absolute Gasteiger partial charge is 0.422 e. The molecular weight excluding hydrogens is 279 g/mol. The lowest BCUT2D eigenvalue weighted by Gasteiger charge is -2.08. The number of imidazole rings is 1. The number of hydrogen-bond donors (Lipinski definition) is 3. The molecule has 0 spiro atoms. The summed E-state index contributed by atoms with van der Waals surface area (Å²) in [5, 5.41) is 9.58. The van der Waals surface area contributed by atoms with E-state index >= 15 is 0 Å². The van der Waals surface area contributed by atoms with Gasteiger partial charge in [0, 0.05) is 13.6 Å². The van der Waals surface area contributed by atoms with E-state index in [2.05, 4.69) is 4.98 Å². The van der Waals surface area contributed by atoms with Crippen molar-refractivity contribution in [3.8, 4) is 0 Å². The van der Waals surface area contributed by atoms with Crippen LogP contribution < -0.4 is 11.2 Å². The van der Waals surface area contributed by atoms with Gasteiger partial charge in [-0.05, 0) is 0 Å². The zero-order chi connectivity index (χ0) is 14.4. The molecule has 19 heavy (non-hydrogen) atoms. The van der Waals surface area contributed by atoms with Crippen LogP contribution in [-0.2, 0) is 18.2 Å². The summed E-state index contributed by atoms with van der Waals surface area (Å²) in [6.07, 6.45) is 0.567. The Morgan fingerprint density at radius 3 is 2.58 bits per heavy atom. The fraction of sp³-hybridized carbons (Fsp3) is 0.375. The third kappa shape index (κ3) is 2.33. The molecule has 2 rings (SSSR count). The SMILES string of the molecule is Cn1cnc2c1c(=O)n(CCP(=O)(O)O)c(=O)n2O. The Hall–Kier alpha value is -1.90. The summed E-state index contributed by atoms with van der Waals surface area (Å²) in [5.74, 6) is 0. The minimum atomic E-state index is -4.36. The molecule has 0 fully saturated rings. The van der Waals surface area contributed by atoms with E-state index in [1.807, 2.05) is 0 Å². The van der Waals surface area contributed by atoms with E-state index < -0.39 is 31.6 Å². The zero-order valence-electron chi connectivity index (χ0n) is 9.79. The Labute approximate surface area is 105 Å². The molecule has 0 aliphatic heterocycles. The van der Waals surface area contributed by atoms with Gasteiger partial charge >= 0.3 is 13.3 Å². The summed E-state index contributed by atoms with van der Waals surface area (Å²) in [4.78, 5) is 45.0. The average Bonchev–Trinajstić information content (AvgIpc) is 2.67. The first-order chi connectivity index (χ1) is 8.72. The molecular formula is C8H11N4O6P. The average molecular weight is 290 g/mol. The van der Waals surface area contributed by atoms with Crippen LogP contribution >= 0.6 is 7.60 Å². The molecule has 104 valence electrons. The fourth-order valence-corrected chi connectivity index (χ4v) is 2.13. The molecule has 2 aromatic rings. The van der Waals surface area contributed by atoms with E-state index in [4.69, 9.17) is 9.79 Å². The van der Waals surface area contributed by atoms with Crippen LogP contribution in [0.5, 0.6) is 0 Å². The molecule has 0 atom stereocenters. The van der Waals surface area contributed by atoms with Crippen LogP contribution in [-0.4, -0.2) is 40.0 Å². The van der Waals surface area contributed by atoms with Gasteiger partial charge < -0.3 is 19.6 Å². The fourth-order valence-electron chi connectivity index (χ4n) is 1.67. The van der Waals surface area contributed by atoms with Gasteiger partial charge in [0.1, 0.15) is 0 Å². The second-order valence-corrected chi connectivity index (χ2v) is 5.74. The lowest BCUT2D eigenvalue weighted by atomic mass is 10.5. The third-order valence-corrected chi connectivity index (χ3v) is 3.38. The molecule has 11 heteroatoms. The van der Waals surface area contributed by atoms with E-state index in [0.717, 1.165) is 0 Å². The monoisotopic (exact) mass is 290 g/mol. The minimum absolute atomic E-state index is 0.0344. The standard InChI is InChI=1S/C8H11N4O6P/c1-10-4-9-6-5(10)7(13)11(8(14)12(6)15)2-3-19(16,17)18/h4,15H,2-3H2,1H3,(H2,16,17,18). The summed E-state index contributed by atoms with van der Waals surface area (Å²) in [6, 6.07) is 0. The summed E-state index contributed by atoms with van der Waals surface area (Å²) in [6.45, 7) is -0.496. The first-order valence-corrected chi connectivity index (χ1v) is 6.93. The topological polar surface area (TPSA) is 140 Å². The lowest BCUT2D eigenvalue weighted by molar-refractivity contribution is 0.175. The van der Waals surface area contributed by atoms with Crippen LogP contribution in [0.4, 0.5) is 0 Å². The predicted molar refractivity (Wildman–Crippen MR) is 63.3 cm³/mol. The molecule has 3 N–H and O–H groups in total. The first-order valence-electron chi connectivity index (χ1n) is 5.13. The number of rotatable bonds is 3. The van der Waals surface area contributed by atoms with Crippen LogP contribution in [0, 0.1) is 0 Å². The van der Waals surface area contributed by atoms with Crippen LogP contribution in [0.15, 0.2) is 15.9 Å². The van der Waals surface area contributed by atoms with Crippen molar-refractivity contribution in [1.29, 1.82) is 0 Å². The maximum atomic E-state index is 12.0. The van der Waals surface area contributed by atoms with E-state index in [9.17, 15) is 19.4 Å². The molecule has 10 nitrogen and oxygen atoms in total. The van der Waals surface area contributed by atoms with Crippen molar-refractivity contribution in [1.82, 2.24) is 18.8 Å². The van der Waals surface area contributed by atoms with Gasteiger partial charge in [0.2, 0.25) is 5.65 Å². The summed E-state index contributed by atoms with van der Waals surface area (Å²) >= 11 is 0. The van der Waals surface area contributed by atoms with Gasteiger partial charge in [0.25, 0.3) is 5.56 Å². The smallest absolute Gasteiger partial charge is 0.365 e. The number of hydrogen-bond acceptors (Lipinski definition) is 5. The highest BCUT2D eigenvalue weighted by Gasteiger charge is 2.19. The Balaban J connectivity index is 2.68. The summed E-state index contributed by atoms with van der Waals surface area (Å²) < 4.78 is 12.8. The van der Waals surface area contributed by atoms with Crippen molar-refractivity contribution in [3.05, 3.63) is 27.2 Å². The highest BCUT2D eigenvalue weighted by atomic mass is 31.2. The van der Waals surface area contributed by atoms with Crippen molar-refractivity contribution in [2.75, 3.05) is 6.16 Å². The number of fused-ring (bicyclic) bond motifs is 1. The number of aryl methyl sites for hydroxylation is 1. The molecule has 0 saturated carbocycles. The summed E-state index contributed by atoms with van der Waals surface area (Å²) in [7, 11) is -2.86. The molecule has 2 heterocycles. The van der Waals surface area contributed by atoms with Crippen molar-refractivity contribution in [3.63, 3.8) is 0 Å². The second kappa shape index (κ2) is 4.34. The second-order valence-electron chi connectivity index (χ2n) is 3.97. The maximum Gasteiger partial charge on any atom is 0.365 e. The number of nitrogens with zero attached hydrogens (tertiary/aromatic N) is 4.